The van der Waals surface area contributed by atoms with Gasteiger partial charge >= 0.3 is 0 Å². The Balaban J connectivity index is 2.24. The molecular weight excluding hydrogens is 236 g/mol. The highest BCUT2D eigenvalue weighted by molar-refractivity contribution is 6.30. The van der Waals surface area contributed by atoms with Crippen molar-refractivity contribution in [3.05, 3.63) is 59.2 Å². The molecule has 2 nitrogen and oxygen atoms in total. The Bertz CT molecular complexity index is 584. The number of Topliss-reactive ketones (excluding diaryl/α,β-unsaturated/α-hetero) is 2. The average molecular weight is 245 g/mol. The van der Waals surface area contributed by atoms with E-state index in [9.17, 15) is 9.59 Å². The van der Waals surface area contributed by atoms with E-state index in [0.717, 1.165) is 0 Å². The van der Waals surface area contributed by atoms with Crippen molar-refractivity contribution in [3.8, 4) is 0 Å². The summed E-state index contributed by atoms with van der Waals surface area (Å²) < 4.78 is 0. The number of carbonyl (C=O) groups is 2. The van der Waals surface area contributed by atoms with Gasteiger partial charge in [0.15, 0.2) is 11.6 Å². The summed E-state index contributed by atoms with van der Waals surface area (Å²) in [6.45, 7) is 0. The fraction of sp³-hybridized carbons (Fsp3) is 0.143. The molecule has 84 valence electrons. The first kappa shape index (κ1) is 10.5. The third-order valence-electron chi connectivity index (χ3n) is 3.21. The van der Waals surface area contributed by atoms with Gasteiger partial charge in [-0.3, -0.25) is 9.59 Å². The maximum atomic E-state index is 12.3. The smallest absolute Gasteiger partial charge is 0.190 e. The van der Waals surface area contributed by atoms with Gasteiger partial charge in [-0.05, 0) is 0 Å². The summed E-state index contributed by atoms with van der Waals surface area (Å²) in [4.78, 5) is 24.5. The Morgan fingerprint density at radius 3 is 2.53 bits per heavy atom. The number of alkyl halides is 1. The van der Waals surface area contributed by atoms with Crippen molar-refractivity contribution in [2.75, 3.05) is 0 Å². The van der Waals surface area contributed by atoms with Crippen LogP contribution in [-0.4, -0.2) is 16.9 Å². The van der Waals surface area contributed by atoms with Crippen LogP contribution in [0.15, 0.2) is 48.1 Å². The van der Waals surface area contributed by atoms with Gasteiger partial charge in [0.1, 0.15) is 0 Å². The Hall–Kier alpha value is -1.67. The third-order valence-corrected chi connectivity index (χ3v) is 3.60. The Morgan fingerprint density at radius 1 is 1.06 bits per heavy atom. The Morgan fingerprint density at radius 2 is 1.76 bits per heavy atom. The summed E-state index contributed by atoms with van der Waals surface area (Å²) in [6.07, 6.45) is 5.18. The molecule has 3 rings (SSSR count). The van der Waals surface area contributed by atoms with Gasteiger partial charge in [-0.25, -0.2) is 0 Å². The van der Waals surface area contributed by atoms with Crippen LogP contribution in [0.5, 0.6) is 0 Å². The van der Waals surface area contributed by atoms with Crippen LogP contribution in [0.2, 0.25) is 0 Å². The van der Waals surface area contributed by atoms with Crippen LogP contribution in [0, 0.1) is 5.92 Å². The number of hydrogen-bond donors (Lipinski definition) is 0. The summed E-state index contributed by atoms with van der Waals surface area (Å²) in [5, 5.41) is -0.431. The summed E-state index contributed by atoms with van der Waals surface area (Å²) in [5.74, 6) is -0.667. The minimum atomic E-state index is -0.524. The van der Waals surface area contributed by atoms with Crippen molar-refractivity contribution >= 4 is 23.2 Å². The number of rotatable bonds is 0. The van der Waals surface area contributed by atoms with E-state index in [-0.39, 0.29) is 11.6 Å². The van der Waals surface area contributed by atoms with Gasteiger partial charge in [0, 0.05) is 16.7 Å². The molecule has 2 unspecified atom stereocenters. The lowest BCUT2D eigenvalue weighted by molar-refractivity contribution is 0.0884. The van der Waals surface area contributed by atoms with Crippen LogP contribution in [0.4, 0.5) is 0 Å². The molecule has 0 heterocycles. The maximum Gasteiger partial charge on any atom is 0.190 e. The third kappa shape index (κ3) is 1.41. The van der Waals surface area contributed by atoms with E-state index in [1.165, 1.54) is 0 Å². The largest absolute Gasteiger partial charge is 0.293 e. The lowest BCUT2D eigenvalue weighted by Crippen LogP contribution is -2.35. The number of benzene rings is 1. The first-order chi connectivity index (χ1) is 8.20. The molecule has 3 heteroatoms. The average Bonchev–Trinajstić information content (AvgIpc) is 2.36. The molecule has 0 aliphatic heterocycles. The van der Waals surface area contributed by atoms with Crippen LogP contribution < -0.4 is 0 Å². The standard InChI is InChI=1S/C14H9ClO2/c15-11-7-3-6-10-12(11)14(17)9-5-2-1-4-8(9)13(10)16/h1-7,11-12H. The minimum Gasteiger partial charge on any atom is -0.293 e. The SMILES string of the molecule is O=C1C2=CC=CC(Cl)C2C(=O)c2ccccc21. The predicted molar refractivity (Wildman–Crippen MR) is 65.5 cm³/mol. The van der Waals surface area contributed by atoms with Crippen molar-refractivity contribution < 1.29 is 9.59 Å². The highest BCUT2D eigenvalue weighted by Crippen LogP contribution is 2.36. The molecular formula is C14H9ClO2. The topological polar surface area (TPSA) is 34.1 Å². The molecule has 17 heavy (non-hydrogen) atoms. The van der Waals surface area contributed by atoms with E-state index in [4.69, 9.17) is 11.6 Å². The molecule has 0 saturated carbocycles. The van der Waals surface area contributed by atoms with E-state index < -0.39 is 11.3 Å². The van der Waals surface area contributed by atoms with Crippen LogP contribution in [0.3, 0.4) is 0 Å². The normalized spacial score (nSPS) is 26.3. The highest BCUT2D eigenvalue weighted by atomic mass is 35.5. The fourth-order valence-electron chi connectivity index (χ4n) is 2.37. The summed E-state index contributed by atoms with van der Waals surface area (Å²) in [6, 6.07) is 6.91. The molecule has 1 aromatic rings. The predicted octanol–water partition coefficient (Wildman–Crippen LogP) is 2.79. The van der Waals surface area contributed by atoms with Crippen molar-refractivity contribution in [2.45, 2.75) is 5.38 Å². The van der Waals surface area contributed by atoms with Gasteiger partial charge in [-0.2, -0.15) is 0 Å². The first-order valence-electron chi connectivity index (χ1n) is 5.40. The highest BCUT2D eigenvalue weighted by Gasteiger charge is 2.40. The second kappa shape index (κ2) is 3.67. The zero-order valence-corrected chi connectivity index (χ0v) is 9.65. The zero-order chi connectivity index (χ0) is 12.0. The zero-order valence-electron chi connectivity index (χ0n) is 8.89. The van der Waals surface area contributed by atoms with Gasteiger partial charge in [-0.15, -0.1) is 11.6 Å². The molecule has 2 aliphatic rings. The molecule has 0 saturated heterocycles. The van der Waals surface area contributed by atoms with Gasteiger partial charge in [0.2, 0.25) is 0 Å². The molecule has 0 N–H and O–H groups in total. The van der Waals surface area contributed by atoms with Crippen molar-refractivity contribution in [1.82, 2.24) is 0 Å². The van der Waals surface area contributed by atoms with Crippen LogP contribution >= 0.6 is 11.6 Å². The second-order valence-corrected chi connectivity index (χ2v) is 4.67. The number of carbonyl (C=O) groups excluding carboxylic acids is 2. The van der Waals surface area contributed by atoms with Gasteiger partial charge < -0.3 is 0 Å². The van der Waals surface area contributed by atoms with E-state index in [2.05, 4.69) is 0 Å². The summed E-state index contributed by atoms with van der Waals surface area (Å²) in [5.41, 5.74) is 1.48. The lowest BCUT2D eigenvalue weighted by Gasteiger charge is -2.28. The van der Waals surface area contributed by atoms with E-state index >= 15 is 0 Å². The molecule has 0 fully saturated rings. The van der Waals surface area contributed by atoms with Gasteiger partial charge in [-0.1, -0.05) is 42.5 Å². The number of ketones is 2. The van der Waals surface area contributed by atoms with Crippen LogP contribution in [0.25, 0.3) is 0 Å². The van der Waals surface area contributed by atoms with Crippen LogP contribution in [0.1, 0.15) is 20.7 Å². The maximum absolute atomic E-state index is 12.3. The molecule has 0 aromatic heterocycles. The number of halogens is 1. The van der Waals surface area contributed by atoms with Crippen molar-refractivity contribution in [2.24, 2.45) is 5.92 Å². The molecule has 0 bridgehead atoms. The summed E-state index contributed by atoms with van der Waals surface area (Å²) >= 11 is 6.12. The van der Waals surface area contributed by atoms with Crippen molar-refractivity contribution in [1.29, 1.82) is 0 Å². The quantitative estimate of drug-likeness (QED) is 0.658. The summed E-state index contributed by atoms with van der Waals surface area (Å²) in [7, 11) is 0. The monoisotopic (exact) mass is 244 g/mol. The number of allylic oxidation sites excluding steroid dienone is 4. The van der Waals surface area contributed by atoms with E-state index in [1.807, 2.05) is 0 Å². The van der Waals surface area contributed by atoms with E-state index in [1.54, 1.807) is 42.5 Å². The fourth-order valence-corrected chi connectivity index (χ4v) is 2.71. The Labute approximate surface area is 104 Å². The van der Waals surface area contributed by atoms with Crippen LogP contribution in [-0.2, 0) is 0 Å². The molecule has 2 atom stereocenters. The van der Waals surface area contributed by atoms with Crippen molar-refractivity contribution in [3.63, 3.8) is 0 Å². The van der Waals surface area contributed by atoms with Gasteiger partial charge in [0.25, 0.3) is 0 Å². The number of hydrogen-bond acceptors (Lipinski definition) is 2. The van der Waals surface area contributed by atoms with E-state index in [0.29, 0.717) is 16.7 Å². The molecule has 2 aliphatic carbocycles. The van der Waals surface area contributed by atoms with Gasteiger partial charge in [0.05, 0.1) is 11.3 Å². The lowest BCUT2D eigenvalue weighted by atomic mass is 9.75. The Kier molecular flexibility index (Phi) is 2.26. The molecule has 1 aromatic carbocycles. The second-order valence-electron chi connectivity index (χ2n) is 4.17. The molecule has 0 amide bonds. The minimum absolute atomic E-state index is 0.0594. The molecule has 0 radical (unpaired) electrons. The number of fused-ring (bicyclic) bond motifs is 2. The molecule has 0 spiro atoms. The first-order valence-corrected chi connectivity index (χ1v) is 5.84.